The minimum absolute atomic E-state index is 0.0173. The van der Waals surface area contributed by atoms with E-state index in [9.17, 15) is 9.59 Å². The molecule has 0 radical (unpaired) electrons. The van der Waals surface area contributed by atoms with Crippen molar-refractivity contribution in [2.24, 2.45) is 4.99 Å². The quantitative estimate of drug-likeness (QED) is 0.593. The average molecular weight is 376 g/mol. The molecule has 0 unspecified atom stereocenters. The van der Waals surface area contributed by atoms with Gasteiger partial charge < -0.3 is 4.90 Å². The molecule has 28 heavy (non-hydrogen) atoms. The molecule has 144 valence electrons. The van der Waals surface area contributed by atoms with Crippen LogP contribution in [0.4, 0.5) is 5.69 Å². The van der Waals surface area contributed by atoms with E-state index in [0.717, 1.165) is 33.7 Å². The Morgan fingerprint density at radius 1 is 1.25 bits per heavy atom. The SMILES string of the molecule is C=N/C=C(\C=C(/C)c1ccc(=O)n(C(C)C)n1)c1ccc2c(c1)CC(=O)N2C. The van der Waals surface area contributed by atoms with E-state index in [0.29, 0.717) is 6.42 Å². The largest absolute Gasteiger partial charge is 0.315 e. The molecule has 1 amide bonds. The summed E-state index contributed by atoms with van der Waals surface area (Å²) in [6.45, 7) is 9.36. The number of likely N-dealkylation sites (N-methyl/N-ethyl adjacent to an activating group) is 1. The molecule has 0 N–H and O–H groups in total. The lowest BCUT2D eigenvalue weighted by atomic mass is 9.99. The first-order valence-electron chi connectivity index (χ1n) is 9.16. The number of allylic oxidation sites excluding steroid dienone is 3. The molecule has 1 aliphatic heterocycles. The number of carbonyl (C=O) groups excluding carboxylic acids is 1. The standard InChI is InChI=1S/C22H24N4O2/c1-14(2)26-21(27)9-7-19(24-26)15(3)10-18(13-23-4)16-6-8-20-17(11-16)12-22(28)25(20)5/h6-11,13-14H,4,12H2,1-3,5H3/b15-10+,18-13+. The number of hydrogen-bond acceptors (Lipinski definition) is 4. The smallest absolute Gasteiger partial charge is 0.267 e. The summed E-state index contributed by atoms with van der Waals surface area (Å²) >= 11 is 0. The maximum Gasteiger partial charge on any atom is 0.267 e. The van der Waals surface area contributed by atoms with Crippen LogP contribution in [0.3, 0.4) is 0 Å². The van der Waals surface area contributed by atoms with Crippen molar-refractivity contribution in [2.75, 3.05) is 11.9 Å². The molecular weight excluding hydrogens is 352 g/mol. The fourth-order valence-corrected chi connectivity index (χ4v) is 3.26. The van der Waals surface area contributed by atoms with Gasteiger partial charge in [-0.25, -0.2) is 4.68 Å². The van der Waals surface area contributed by atoms with Crippen molar-refractivity contribution in [3.05, 3.63) is 69.8 Å². The van der Waals surface area contributed by atoms with Crippen molar-refractivity contribution >= 4 is 29.5 Å². The molecule has 0 aliphatic carbocycles. The Balaban J connectivity index is 2.01. The van der Waals surface area contributed by atoms with Crippen molar-refractivity contribution < 1.29 is 4.79 Å². The molecule has 0 spiro atoms. The average Bonchev–Trinajstić information content (AvgIpc) is 2.94. The summed E-state index contributed by atoms with van der Waals surface area (Å²) < 4.78 is 1.47. The minimum atomic E-state index is -0.123. The van der Waals surface area contributed by atoms with E-state index >= 15 is 0 Å². The molecule has 0 atom stereocenters. The van der Waals surface area contributed by atoms with Gasteiger partial charge in [-0.05, 0) is 68.5 Å². The molecule has 0 bridgehead atoms. The van der Waals surface area contributed by atoms with Crippen LogP contribution in [0.25, 0.3) is 11.1 Å². The third-order valence-corrected chi connectivity index (χ3v) is 4.81. The van der Waals surface area contributed by atoms with Crippen LogP contribution >= 0.6 is 0 Å². The van der Waals surface area contributed by atoms with Crippen LogP contribution in [0.15, 0.2) is 52.4 Å². The van der Waals surface area contributed by atoms with E-state index in [4.69, 9.17) is 0 Å². The monoisotopic (exact) mass is 376 g/mol. The number of amides is 1. The molecule has 0 fully saturated rings. The van der Waals surface area contributed by atoms with Crippen molar-refractivity contribution in [1.29, 1.82) is 0 Å². The van der Waals surface area contributed by atoms with Gasteiger partial charge in [0.1, 0.15) is 0 Å². The van der Waals surface area contributed by atoms with Gasteiger partial charge in [0.05, 0.1) is 18.2 Å². The molecule has 0 saturated carbocycles. The summed E-state index contributed by atoms with van der Waals surface area (Å²) in [5.74, 6) is 0.0893. The zero-order chi connectivity index (χ0) is 20.4. The number of hydrogen-bond donors (Lipinski definition) is 0. The van der Waals surface area contributed by atoms with Crippen LogP contribution in [-0.4, -0.2) is 29.5 Å². The van der Waals surface area contributed by atoms with Gasteiger partial charge in [-0.2, -0.15) is 5.10 Å². The van der Waals surface area contributed by atoms with E-state index in [1.807, 2.05) is 45.0 Å². The number of aliphatic imine (C=N–C) groups is 1. The van der Waals surface area contributed by atoms with Crippen molar-refractivity contribution in [3.63, 3.8) is 0 Å². The maximum atomic E-state index is 12.0. The van der Waals surface area contributed by atoms with Gasteiger partial charge in [-0.15, -0.1) is 0 Å². The zero-order valence-electron chi connectivity index (χ0n) is 16.6. The van der Waals surface area contributed by atoms with Crippen molar-refractivity contribution in [3.8, 4) is 0 Å². The lowest BCUT2D eigenvalue weighted by molar-refractivity contribution is -0.117. The molecule has 1 aliphatic rings. The summed E-state index contributed by atoms with van der Waals surface area (Å²) in [6, 6.07) is 9.18. The van der Waals surface area contributed by atoms with Crippen LogP contribution in [0.5, 0.6) is 0 Å². The first-order chi connectivity index (χ1) is 13.3. The minimum Gasteiger partial charge on any atom is -0.315 e. The van der Waals surface area contributed by atoms with Gasteiger partial charge in [0, 0.05) is 30.6 Å². The molecule has 1 aromatic carbocycles. The second kappa shape index (κ2) is 7.76. The number of aromatic nitrogens is 2. The Labute approximate surface area is 164 Å². The molecule has 2 aromatic rings. The van der Waals surface area contributed by atoms with Crippen LogP contribution in [-0.2, 0) is 11.2 Å². The summed E-state index contributed by atoms with van der Waals surface area (Å²) in [5, 5.41) is 4.47. The lowest BCUT2D eigenvalue weighted by Crippen LogP contribution is -2.24. The van der Waals surface area contributed by atoms with Crippen molar-refractivity contribution in [2.45, 2.75) is 33.2 Å². The highest BCUT2D eigenvalue weighted by Crippen LogP contribution is 2.31. The summed E-state index contributed by atoms with van der Waals surface area (Å²) in [6.07, 6.45) is 4.05. The summed E-state index contributed by atoms with van der Waals surface area (Å²) in [5.41, 5.74) is 5.25. The predicted molar refractivity (Wildman–Crippen MR) is 114 cm³/mol. The number of anilines is 1. The first kappa shape index (κ1) is 19.5. The third kappa shape index (κ3) is 3.71. The Hall–Kier alpha value is -3.28. The maximum absolute atomic E-state index is 12.0. The number of carbonyl (C=O) groups is 1. The topological polar surface area (TPSA) is 67.6 Å². The van der Waals surface area contributed by atoms with E-state index in [2.05, 4.69) is 16.8 Å². The molecule has 3 rings (SSSR count). The van der Waals surface area contributed by atoms with Gasteiger partial charge >= 0.3 is 0 Å². The summed E-state index contributed by atoms with van der Waals surface area (Å²) in [4.78, 5) is 29.5. The van der Waals surface area contributed by atoms with Crippen LogP contribution < -0.4 is 10.5 Å². The second-order valence-corrected chi connectivity index (χ2v) is 7.16. The Morgan fingerprint density at radius 3 is 2.68 bits per heavy atom. The van der Waals surface area contributed by atoms with E-state index in [1.165, 1.54) is 10.7 Å². The Morgan fingerprint density at radius 2 is 2.00 bits per heavy atom. The number of benzene rings is 1. The molecule has 1 aromatic heterocycles. The first-order valence-corrected chi connectivity index (χ1v) is 9.16. The Kier molecular flexibility index (Phi) is 5.40. The third-order valence-electron chi connectivity index (χ3n) is 4.81. The second-order valence-electron chi connectivity index (χ2n) is 7.16. The van der Waals surface area contributed by atoms with Gasteiger partial charge in [0.15, 0.2) is 0 Å². The Bertz CT molecular complexity index is 1060. The molecule has 0 saturated heterocycles. The lowest BCUT2D eigenvalue weighted by Gasteiger charge is -2.12. The fraction of sp³-hybridized carbons (Fsp3) is 0.273. The predicted octanol–water partition coefficient (Wildman–Crippen LogP) is 3.49. The van der Waals surface area contributed by atoms with E-state index in [1.54, 1.807) is 24.2 Å². The van der Waals surface area contributed by atoms with Gasteiger partial charge in [-0.3, -0.25) is 14.6 Å². The highest BCUT2D eigenvalue weighted by Gasteiger charge is 2.24. The molecule has 6 nitrogen and oxygen atoms in total. The zero-order valence-corrected chi connectivity index (χ0v) is 16.6. The molecule has 6 heteroatoms. The number of rotatable bonds is 5. The summed E-state index contributed by atoms with van der Waals surface area (Å²) in [7, 11) is 1.79. The van der Waals surface area contributed by atoms with Gasteiger partial charge in [-0.1, -0.05) is 6.07 Å². The fourth-order valence-electron chi connectivity index (χ4n) is 3.26. The highest BCUT2D eigenvalue weighted by atomic mass is 16.2. The van der Waals surface area contributed by atoms with E-state index < -0.39 is 0 Å². The van der Waals surface area contributed by atoms with Crippen LogP contribution in [0, 0.1) is 0 Å². The van der Waals surface area contributed by atoms with Gasteiger partial charge in [0.2, 0.25) is 5.91 Å². The van der Waals surface area contributed by atoms with E-state index in [-0.39, 0.29) is 17.5 Å². The molecular formula is C22H24N4O2. The number of fused-ring (bicyclic) bond motifs is 1. The van der Waals surface area contributed by atoms with Crippen molar-refractivity contribution in [1.82, 2.24) is 9.78 Å². The number of nitrogens with zero attached hydrogens (tertiary/aromatic N) is 4. The van der Waals surface area contributed by atoms with Gasteiger partial charge in [0.25, 0.3) is 5.56 Å². The van der Waals surface area contributed by atoms with Crippen LogP contribution in [0.1, 0.15) is 43.6 Å². The highest BCUT2D eigenvalue weighted by molar-refractivity contribution is 6.01. The molecule has 2 heterocycles. The normalized spacial score (nSPS) is 14.6. The van der Waals surface area contributed by atoms with Crippen LogP contribution in [0.2, 0.25) is 0 Å².